The highest BCUT2D eigenvalue weighted by molar-refractivity contribution is 6.62. The highest BCUT2D eigenvalue weighted by atomic mass is 35.5. The summed E-state index contributed by atoms with van der Waals surface area (Å²) in [5.74, 6) is 0.768. The van der Waals surface area contributed by atoms with E-state index in [0.29, 0.717) is 0 Å². The Bertz CT molecular complexity index is 191. The Labute approximate surface area is 91.0 Å². The molecule has 0 atom stereocenters. The summed E-state index contributed by atoms with van der Waals surface area (Å²) in [4.78, 5) is 14.7. The van der Waals surface area contributed by atoms with Crippen LogP contribution in [-0.2, 0) is 0 Å². The number of amides is 1. The molecule has 1 rings (SSSR count). The van der Waals surface area contributed by atoms with E-state index >= 15 is 0 Å². The van der Waals surface area contributed by atoms with Crippen LogP contribution in [0.1, 0.15) is 19.3 Å². The second-order valence-corrected chi connectivity index (χ2v) is 4.53. The second kappa shape index (κ2) is 5.56. The number of carbonyl (C=O) groups excluding carboxylic acids is 1. The summed E-state index contributed by atoms with van der Waals surface area (Å²) in [6.45, 7) is 3.16. The van der Waals surface area contributed by atoms with Gasteiger partial charge in [-0.25, -0.2) is 0 Å². The van der Waals surface area contributed by atoms with Crippen LogP contribution in [0.25, 0.3) is 0 Å². The molecule has 1 saturated heterocycles. The van der Waals surface area contributed by atoms with Gasteiger partial charge in [0.1, 0.15) is 0 Å². The normalized spacial score (nSPS) is 19.6. The molecule has 0 unspecified atom stereocenters. The average Bonchev–Trinajstić information content (AvgIpc) is 2.16. The van der Waals surface area contributed by atoms with E-state index in [-0.39, 0.29) is 5.37 Å². The molecule has 0 aromatic rings. The van der Waals surface area contributed by atoms with Crippen LogP contribution in [0.5, 0.6) is 0 Å². The van der Waals surface area contributed by atoms with Crippen LogP contribution >= 0.6 is 11.6 Å². The van der Waals surface area contributed by atoms with E-state index in [1.54, 1.807) is 11.9 Å². The lowest BCUT2D eigenvalue weighted by atomic mass is 9.94. The summed E-state index contributed by atoms with van der Waals surface area (Å²) >= 11 is 5.35. The Morgan fingerprint density at radius 1 is 1.50 bits per heavy atom. The first-order valence-electron chi connectivity index (χ1n) is 5.18. The number of likely N-dealkylation sites (tertiary alicyclic amines) is 1. The minimum atomic E-state index is -0.349. The maximum atomic E-state index is 10.8. The van der Waals surface area contributed by atoms with Gasteiger partial charge >= 0.3 is 5.37 Å². The van der Waals surface area contributed by atoms with E-state index in [2.05, 4.69) is 11.9 Å². The van der Waals surface area contributed by atoms with Gasteiger partial charge in [-0.3, -0.25) is 4.79 Å². The molecular formula is C10H19ClN2O. The quantitative estimate of drug-likeness (QED) is 0.535. The van der Waals surface area contributed by atoms with Gasteiger partial charge in [-0.2, -0.15) is 0 Å². The molecule has 0 aliphatic carbocycles. The number of hydrogen-bond donors (Lipinski definition) is 0. The fraction of sp³-hybridized carbons (Fsp3) is 0.900. The first-order chi connectivity index (χ1) is 6.59. The molecule has 1 aliphatic heterocycles. The molecule has 4 heteroatoms. The number of hydrogen-bond acceptors (Lipinski definition) is 2. The van der Waals surface area contributed by atoms with Crippen LogP contribution in [0.2, 0.25) is 0 Å². The highest BCUT2D eigenvalue weighted by Crippen LogP contribution is 2.19. The van der Waals surface area contributed by atoms with Gasteiger partial charge in [0.25, 0.3) is 0 Å². The zero-order valence-electron chi connectivity index (χ0n) is 9.00. The van der Waals surface area contributed by atoms with Gasteiger partial charge in [0, 0.05) is 13.6 Å². The molecule has 0 radical (unpaired) electrons. The van der Waals surface area contributed by atoms with Crippen molar-refractivity contribution in [1.29, 1.82) is 0 Å². The van der Waals surface area contributed by atoms with Crippen molar-refractivity contribution in [1.82, 2.24) is 9.80 Å². The van der Waals surface area contributed by atoms with Crippen LogP contribution in [-0.4, -0.2) is 48.9 Å². The van der Waals surface area contributed by atoms with Crippen molar-refractivity contribution in [3.05, 3.63) is 0 Å². The Morgan fingerprint density at radius 2 is 2.07 bits per heavy atom. The summed E-state index contributed by atoms with van der Waals surface area (Å²) < 4.78 is 0. The van der Waals surface area contributed by atoms with E-state index in [9.17, 15) is 4.79 Å². The van der Waals surface area contributed by atoms with Crippen LogP contribution in [0.15, 0.2) is 0 Å². The van der Waals surface area contributed by atoms with E-state index in [1.165, 1.54) is 25.9 Å². The molecule has 14 heavy (non-hydrogen) atoms. The number of rotatable bonds is 3. The molecular weight excluding hydrogens is 200 g/mol. The fourth-order valence-corrected chi connectivity index (χ4v) is 1.90. The summed E-state index contributed by atoms with van der Waals surface area (Å²) in [5, 5.41) is -0.349. The molecule has 1 amide bonds. The van der Waals surface area contributed by atoms with E-state index in [4.69, 9.17) is 11.6 Å². The first kappa shape index (κ1) is 11.8. The SMILES string of the molecule is CN1CCC(CCN(C)C(=O)Cl)CC1. The van der Waals surface area contributed by atoms with Crippen molar-refractivity contribution in [2.24, 2.45) is 5.92 Å². The number of carbonyl (C=O) groups is 1. The lowest BCUT2D eigenvalue weighted by Gasteiger charge is -2.29. The Balaban J connectivity index is 2.16. The predicted octanol–water partition coefficient (Wildman–Crippen LogP) is 2.01. The van der Waals surface area contributed by atoms with Crippen molar-refractivity contribution in [3.63, 3.8) is 0 Å². The monoisotopic (exact) mass is 218 g/mol. The summed E-state index contributed by atoms with van der Waals surface area (Å²) in [5.41, 5.74) is 0. The maximum absolute atomic E-state index is 10.8. The van der Waals surface area contributed by atoms with Gasteiger partial charge in [-0.1, -0.05) is 0 Å². The van der Waals surface area contributed by atoms with Gasteiger partial charge in [0.2, 0.25) is 0 Å². The fourth-order valence-electron chi connectivity index (χ4n) is 1.81. The molecule has 3 nitrogen and oxygen atoms in total. The van der Waals surface area contributed by atoms with E-state index < -0.39 is 0 Å². The lowest BCUT2D eigenvalue weighted by Crippen LogP contribution is -2.32. The largest absolute Gasteiger partial charge is 0.332 e. The highest BCUT2D eigenvalue weighted by Gasteiger charge is 2.17. The summed E-state index contributed by atoms with van der Waals surface area (Å²) in [6.07, 6.45) is 3.59. The van der Waals surface area contributed by atoms with Crippen molar-refractivity contribution in [2.75, 3.05) is 33.7 Å². The van der Waals surface area contributed by atoms with Crippen LogP contribution in [0, 0.1) is 5.92 Å². The van der Waals surface area contributed by atoms with Crippen LogP contribution < -0.4 is 0 Å². The number of halogens is 1. The van der Waals surface area contributed by atoms with Gasteiger partial charge < -0.3 is 9.80 Å². The van der Waals surface area contributed by atoms with Crippen LogP contribution in [0.3, 0.4) is 0 Å². The zero-order valence-corrected chi connectivity index (χ0v) is 9.76. The summed E-state index contributed by atoms with van der Waals surface area (Å²) in [7, 11) is 3.91. The topological polar surface area (TPSA) is 23.6 Å². The van der Waals surface area contributed by atoms with Gasteiger partial charge in [-0.05, 0) is 56.9 Å². The van der Waals surface area contributed by atoms with Crippen molar-refractivity contribution in [2.45, 2.75) is 19.3 Å². The molecule has 0 aromatic heterocycles. The number of piperidine rings is 1. The van der Waals surface area contributed by atoms with E-state index in [0.717, 1.165) is 18.9 Å². The Hall–Kier alpha value is -0.280. The molecule has 82 valence electrons. The molecule has 1 fully saturated rings. The molecule has 0 aromatic carbocycles. The molecule has 0 bridgehead atoms. The third kappa shape index (κ3) is 3.84. The minimum absolute atomic E-state index is 0.349. The van der Waals surface area contributed by atoms with Gasteiger partial charge in [0.05, 0.1) is 0 Å². The van der Waals surface area contributed by atoms with Gasteiger partial charge in [-0.15, -0.1) is 0 Å². The Morgan fingerprint density at radius 3 is 2.57 bits per heavy atom. The predicted molar refractivity (Wildman–Crippen MR) is 58.7 cm³/mol. The van der Waals surface area contributed by atoms with Crippen molar-refractivity contribution >= 4 is 17.0 Å². The zero-order chi connectivity index (χ0) is 10.6. The number of nitrogens with zero attached hydrogens (tertiary/aromatic N) is 2. The second-order valence-electron chi connectivity index (χ2n) is 4.21. The van der Waals surface area contributed by atoms with E-state index in [1.807, 2.05) is 0 Å². The average molecular weight is 219 g/mol. The summed E-state index contributed by atoms with van der Waals surface area (Å²) in [6, 6.07) is 0. The molecule has 1 aliphatic rings. The maximum Gasteiger partial charge on any atom is 0.316 e. The van der Waals surface area contributed by atoms with Crippen molar-refractivity contribution < 1.29 is 4.79 Å². The van der Waals surface area contributed by atoms with Crippen LogP contribution in [0.4, 0.5) is 4.79 Å². The lowest BCUT2D eigenvalue weighted by molar-refractivity contribution is 0.196. The molecule has 0 saturated carbocycles. The smallest absolute Gasteiger partial charge is 0.316 e. The first-order valence-corrected chi connectivity index (χ1v) is 5.56. The molecule has 0 N–H and O–H groups in total. The minimum Gasteiger partial charge on any atom is -0.332 e. The Kier molecular flexibility index (Phi) is 4.69. The molecule has 1 heterocycles. The third-order valence-electron chi connectivity index (χ3n) is 3.01. The third-order valence-corrected chi connectivity index (χ3v) is 3.30. The van der Waals surface area contributed by atoms with Crippen molar-refractivity contribution in [3.8, 4) is 0 Å². The molecule has 0 spiro atoms. The van der Waals surface area contributed by atoms with Gasteiger partial charge in [0.15, 0.2) is 0 Å². The standard InChI is InChI=1S/C10H19ClN2O/c1-12-6-3-9(4-7-12)5-8-13(2)10(11)14/h9H,3-8H2,1-2H3.